The third kappa shape index (κ3) is 5.39. The van der Waals surface area contributed by atoms with Gasteiger partial charge in [0.2, 0.25) is 0 Å². The molecule has 0 unspecified atom stereocenters. The standard InChI is InChI=1S/C28H31N3O7/c1-5-37-27(36)38-20-10-7-18(8-11-20)23(32)29-13-6-14-30(16-15-29)24(33)19-9-12-21-22(17-19)26(35)31(25(21)34)28(2,3)4/h7-12,17H,5-6,13-16H2,1-4H3. The SMILES string of the molecule is CCOC(=O)Oc1ccc(C(=O)N2CCCN(C(=O)c3ccc4c(c3)C(=O)N(C(C)(C)C)C4=O)CC2)cc1. The number of rotatable bonds is 4. The van der Waals surface area contributed by atoms with E-state index in [-0.39, 0.29) is 35.6 Å². The van der Waals surface area contributed by atoms with Crippen molar-refractivity contribution in [1.82, 2.24) is 14.7 Å². The van der Waals surface area contributed by atoms with Gasteiger partial charge in [0.25, 0.3) is 23.6 Å². The van der Waals surface area contributed by atoms with Gasteiger partial charge in [0.05, 0.1) is 17.7 Å². The fourth-order valence-electron chi connectivity index (χ4n) is 4.58. The normalized spacial score (nSPS) is 15.7. The Morgan fingerprint density at radius 2 is 1.34 bits per heavy atom. The fraction of sp³-hybridized carbons (Fsp3) is 0.393. The third-order valence-corrected chi connectivity index (χ3v) is 6.44. The molecule has 1 fully saturated rings. The maximum Gasteiger partial charge on any atom is 0.513 e. The molecule has 2 aliphatic rings. The summed E-state index contributed by atoms with van der Waals surface area (Å²) in [6, 6.07) is 10.8. The first-order valence-electron chi connectivity index (χ1n) is 12.6. The minimum Gasteiger partial charge on any atom is -0.434 e. The first-order chi connectivity index (χ1) is 18.0. The topological polar surface area (TPSA) is 114 Å². The van der Waals surface area contributed by atoms with Crippen LogP contribution in [0.5, 0.6) is 5.75 Å². The smallest absolute Gasteiger partial charge is 0.434 e. The molecule has 0 spiro atoms. The van der Waals surface area contributed by atoms with Crippen molar-refractivity contribution < 1.29 is 33.4 Å². The van der Waals surface area contributed by atoms with E-state index in [0.717, 1.165) is 0 Å². The van der Waals surface area contributed by atoms with Crippen LogP contribution < -0.4 is 4.74 Å². The highest BCUT2D eigenvalue weighted by Gasteiger charge is 2.42. The predicted octanol–water partition coefficient (Wildman–Crippen LogP) is 3.60. The third-order valence-electron chi connectivity index (χ3n) is 6.44. The van der Waals surface area contributed by atoms with Crippen LogP contribution in [-0.2, 0) is 4.74 Å². The fourth-order valence-corrected chi connectivity index (χ4v) is 4.58. The average Bonchev–Trinajstić information content (AvgIpc) is 3.02. The van der Waals surface area contributed by atoms with E-state index >= 15 is 0 Å². The minimum absolute atomic E-state index is 0.189. The number of ether oxygens (including phenoxy) is 2. The molecule has 2 aliphatic heterocycles. The molecular weight excluding hydrogens is 490 g/mol. The minimum atomic E-state index is -0.810. The highest BCUT2D eigenvalue weighted by molar-refractivity contribution is 6.22. The van der Waals surface area contributed by atoms with Gasteiger partial charge in [-0.2, -0.15) is 0 Å². The van der Waals surface area contributed by atoms with E-state index in [9.17, 15) is 24.0 Å². The van der Waals surface area contributed by atoms with Crippen molar-refractivity contribution in [1.29, 1.82) is 0 Å². The van der Waals surface area contributed by atoms with Crippen LogP contribution >= 0.6 is 0 Å². The van der Waals surface area contributed by atoms with Crippen LogP contribution in [-0.4, -0.2) is 82.8 Å². The molecule has 0 bridgehead atoms. The van der Waals surface area contributed by atoms with Gasteiger partial charge in [0.15, 0.2) is 0 Å². The van der Waals surface area contributed by atoms with E-state index in [0.29, 0.717) is 49.3 Å². The summed E-state index contributed by atoms with van der Waals surface area (Å²) in [5.41, 5.74) is 0.626. The Bertz CT molecular complexity index is 1280. The molecule has 10 heteroatoms. The van der Waals surface area contributed by atoms with Crippen molar-refractivity contribution in [3.63, 3.8) is 0 Å². The highest BCUT2D eigenvalue weighted by atomic mass is 16.7. The van der Waals surface area contributed by atoms with Crippen molar-refractivity contribution in [2.24, 2.45) is 0 Å². The molecule has 0 atom stereocenters. The van der Waals surface area contributed by atoms with Gasteiger partial charge in [-0.05, 0) is 76.6 Å². The Balaban J connectivity index is 1.41. The van der Waals surface area contributed by atoms with E-state index in [1.807, 2.05) is 0 Å². The Kier molecular flexibility index (Phi) is 7.52. The van der Waals surface area contributed by atoms with Crippen LogP contribution in [0, 0.1) is 0 Å². The number of carbonyl (C=O) groups is 5. The molecule has 4 amide bonds. The molecular formula is C28H31N3O7. The van der Waals surface area contributed by atoms with Gasteiger partial charge in [-0.1, -0.05) is 0 Å². The van der Waals surface area contributed by atoms with E-state index in [4.69, 9.17) is 9.47 Å². The lowest BCUT2D eigenvalue weighted by Gasteiger charge is -2.29. The van der Waals surface area contributed by atoms with Gasteiger partial charge in [0.1, 0.15) is 5.75 Å². The maximum absolute atomic E-state index is 13.3. The summed E-state index contributed by atoms with van der Waals surface area (Å²) in [4.78, 5) is 68.0. The number of hydrogen-bond donors (Lipinski definition) is 0. The monoisotopic (exact) mass is 521 g/mol. The number of nitrogens with zero attached hydrogens (tertiary/aromatic N) is 3. The zero-order chi connectivity index (χ0) is 27.6. The molecule has 2 aromatic rings. The molecule has 0 saturated carbocycles. The average molecular weight is 522 g/mol. The van der Waals surface area contributed by atoms with Gasteiger partial charge in [0, 0.05) is 42.8 Å². The number of imide groups is 1. The van der Waals surface area contributed by atoms with Crippen LogP contribution in [0.4, 0.5) is 4.79 Å². The van der Waals surface area contributed by atoms with Gasteiger partial charge >= 0.3 is 6.16 Å². The van der Waals surface area contributed by atoms with Crippen molar-refractivity contribution in [2.45, 2.75) is 39.7 Å². The molecule has 0 N–H and O–H groups in total. The number of fused-ring (bicyclic) bond motifs is 1. The van der Waals surface area contributed by atoms with Gasteiger partial charge in [-0.15, -0.1) is 0 Å². The summed E-state index contributed by atoms with van der Waals surface area (Å²) in [6.07, 6.45) is -0.225. The zero-order valence-electron chi connectivity index (χ0n) is 22.0. The van der Waals surface area contributed by atoms with Crippen LogP contribution in [0.15, 0.2) is 42.5 Å². The van der Waals surface area contributed by atoms with E-state index < -0.39 is 17.6 Å². The molecule has 200 valence electrons. The molecule has 38 heavy (non-hydrogen) atoms. The maximum atomic E-state index is 13.3. The number of amides is 4. The Morgan fingerprint density at radius 1 is 0.789 bits per heavy atom. The number of benzene rings is 2. The van der Waals surface area contributed by atoms with Gasteiger partial charge in [-0.25, -0.2) is 4.79 Å². The van der Waals surface area contributed by atoms with Crippen molar-refractivity contribution in [3.05, 3.63) is 64.7 Å². The van der Waals surface area contributed by atoms with Crippen molar-refractivity contribution in [2.75, 3.05) is 32.8 Å². The summed E-state index contributed by atoms with van der Waals surface area (Å²) in [7, 11) is 0. The Morgan fingerprint density at radius 3 is 1.92 bits per heavy atom. The van der Waals surface area contributed by atoms with Gasteiger partial charge in [-0.3, -0.25) is 24.1 Å². The lowest BCUT2D eigenvalue weighted by molar-refractivity contribution is 0.0506. The second-order valence-corrected chi connectivity index (χ2v) is 10.1. The number of hydrogen-bond acceptors (Lipinski definition) is 7. The Labute approximate surface area is 221 Å². The lowest BCUT2D eigenvalue weighted by atomic mass is 10.0. The summed E-state index contributed by atoms with van der Waals surface area (Å²) in [5, 5.41) is 0. The van der Waals surface area contributed by atoms with Gasteiger partial charge < -0.3 is 19.3 Å². The quantitative estimate of drug-likeness (QED) is 0.343. The zero-order valence-corrected chi connectivity index (χ0v) is 22.0. The first-order valence-corrected chi connectivity index (χ1v) is 12.6. The summed E-state index contributed by atoms with van der Waals surface area (Å²) in [6.45, 7) is 8.83. The summed E-state index contributed by atoms with van der Waals surface area (Å²) in [5.74, 6) is -0.935. The molecule has 2 aromatic carbocycles. The molecule has 0 aromatic heterocycles. The molecule has 4 rings (SSSR count). The van der Waals surface area contributed by atoms with Crippen LogP contribution in [0.3, 0.4) is 0 Å². The van der Waals surface area contributed by atoms with Crippen molar-refractivity contribution >= 4 is 29.8 Å². The lowest BCUT2D eigenvalue weighted by Crippen LogP contribution is -2.45. The second kappa shape index (κ2) is 10.6. The summed E-state index contributed by atoms with van der Waals surface area (Å²) >= 11 is 0. The molecule has 2 heterocycles. The van der Waals surface area contributed by atoms with Crippen LogP contribution in [0.2, 0.25) is 0 Å². The first kappa shape index (κ1) is 26.8. The highest BCUT2D eigenvalue weighted by Crippen LogP contribution is 2.30. The largest absolute Gasteiger partial charge is 0.513 e. The second-order valence-electron chi connectivity index (χ2n) is 10.1. The number of carbonyl (C=O) groups excluding carboxylic acids is 5. The van der Waals surface area contributed by atoms with Crippen LogP contribution in [0.25, 0.3) is 0 Å². The molecule has 1 saturated heterocycles. The molecule has 0 radical (unpaired) electrons. The van der Waals surface area contributed by atoms with Crippen molar-refractivity contribution in [3.8, 4) is 5.75 Å². The van der Waals surface area contributed by atoms with E-state index in [1.54, 1.807) is 55.7 Å². The Hall–Kier alpha value is -4.21. The van der Waals surface area contributed by atoms with E-state index in [2.05, 4.69) is 0 Å². The predicted molar refractivity (Wildman–Crippen MR) is 137 cm³/mol. The molecule has 10 nitrogen and oxygen atoms in total. The molecule has 0 aliphatic carbocycles. The van der Waals surface area contributed by atoms with E-state index in [1.165, 1.54) is 29.2 Å². The van der Waals surface area contributed by atoms with Crippen LogP contribution in [0.1, 0.15) is 75.5 Å². The summed E-state index contributed by atoms with van der Waals surface area (Å²) < 4.78 is 9.77.